The van der Waals surface area contributed by atoms with Crippen molar-refractivity contribution < 1.29 is 9.53 Å². The highest BCUT2D eigenvalue weighted by molar-refractivity contribution is 6.79. The van der Waals surface area contributed by atoms with Gasteiger partial charge in [-0.15, -0.1) is 0 Å². The lowest BCUT2D eigenvalue weighted by Gasteiger charge is -2.31. The van der Waals surface area contributed by atoms with E-state index in [1.54, 1.807) is 0 Å². The summed E-state index contributed by atoms with van der Waals surface area (Å²) in [5.74, 6) is 0.348. The zero-order chi connectivity index (χ0) is 12.7. The van der Waals surface area contributed by atoms with Crippen LogP contribution in [0.4, 0.5) is 0 Å². The molecule has 0 atom stereocenters. The third kappa shape index (κ3) is 4.10. The van der Waals surface area contributed by atoms with Crippen LogP contribution in [0.25, 0.3) is 0 Å². The van der Waals surface area contributed by atoms with E-state index in [1.165, 1.54) is 24.2 Å². The monoisotopic (exact) mass is 257 g/mol. The second kappa shape index (κ2) is 7.16. The first-order valence-electron chi connectivity index (χ1n) is 7.03. The number of nitrogens with zero attached hydrogens (tertiary/aromatic N) is 1. The molecule has 1 amide bonds. The standard InChI is InChI=1S/C13H27NO2Si/c1-4-17(5-2,6-3)12-7-13(15)14-8-10-16-11-9-14/h4-12H2,1-3H3. The number of carbonyl (C=O) groups is 1. The summed E-state index contributed by atoms with van der Waals surface area (Å²) in [5.41, 5.74) is 0. The largest absolute Gasteiger partial charge is 0.378 e. The van der Waals surface area contributed by atoms with Crippen molar-refractivity contribution in [2.75, 3.05) is 26.3 Å². The maximum atomic E-state index is 12.1. The molecule has 0 radical (unpaired) electrons. The zero-order valence-electron chi connectivity index (χ0n) is 11.6. The fourth-order valence-corrected chi connectivity index (χ4v) is 5.93. The molecule has 1 heterocycles. The van der Waals surface area contributed by atoms with Gasteiger partial charge in [-0.2, -0.15) is 0 Å². The average molecular weight is 257 g/mol. The lowest BCUT2D eigenvalue weighted by atomic mass is 10.3. The fraction of sp³-hybridized carbons (Fsp3) is 0.923. The normalized spacial score (nSPS) is 17.2. The molecule has 0 aromatic heterocycles. The van der Waals surface area contributed by atoms with E-state index in [1.807, 2.05) is 4.90 Å². The summed E-state index contributed by atoms with van der Waals surface area (Å²) in [6.07, 6.45) is 0.766. The summed E-state index contributed by atoms with van der Waals surface area (Å²) in [5, 5.41) is 0. The van der Waals surface area contributed by atoms with Crippen LogP contribution in [0, 0.1) is 0 Å². The van der Waals surface area contributed by atoms with Crippen molar-refractivity contribution in [2.45, 2.75) is 51.4 Å². The van der Waals surface area contributed by atoms with E-state index in [4.69, 9.17) is 4.74 Å². The lowest BCUT2D eigenvalue weighted by Crippen LogP contribution is -2.42. The molecular formula is C13H27NO2Si. The van der Waals surface area contributed by atoms with Gasteiger partial charge in [-0.25, -0.2) is 0 Å². The van der Waals surface area contributed by atoms with Crippen molar-refractivity contribution >= 4 is 14.0 Å². The Kier molecular flexibility index (Phi) is 6.20. The Bertz CT molecular complexity index is 227. The Morgan fingerprint density at radius 3 is 2.12 bits per heavy atom. The van der Waals surface area contributed by atoms with Crippen LogP contribution in [0.15, 0.2) is 0 Å². The molecule has 0 spiro atoms. The molecule has 0 aromatic rings. The molecule has 0 unspecified atom stereocenters. The number of ether oxygens (including phenoxy) is 1. The number of carbonyl (C=O) groups excluding carboxylic acids is 1. The number of rotatable bonds is 6. The van der Waals surface area contributed by atoms with E-state index in [0.29, 0.717) is 19.1 Å². The van der Waals surface area contributed by atoms with Gasteiger partial charge in [0.1, 0.15) is 0 Å². The summed E-state index contributed by atoms with van der Waals surface area (Å²) >= 11 is 0. The summed E-state index contributed by atoms with van der Waals surface area (Å²) in [4.78, 5) is 14.1. The molecule has 1 rings (SSSR count). The van der Waals surface area contributed by atoms with Crippen LogP contribution in [0.5, 0.6) is 0 Å². The summed E-state index contributed by atoms with van der Waals surface area (Å²) in [6, 6.07) is 5.12. The quantitative estimate of drug-likeness (QED) is 0.685. The highest BCUT2D eigenvalue weighted by atomic mass is 28.3. The van der Waals surface area contributed by atoms with Crippen molar-refractivity contribution in [1.29, 1.82) is 0 Å². The second-order valence-corrected chi connectivity index (χ2v) is 10.7. The predicted molar refractivity (Wildman–Crippen MR) is 74.0 cm³/mol. The Morgan fingerprint density at radius 2 is 1.65 bits per heavy atom. The predicted octanol–water partition coefficient (Wildman–Crippen LogP) is 2.74. The Hall–Kier alpha value is -0.353. The number of hydrogen-bond donors (Lipinski definition) is 0. The smallest absolute Gasteiger partial charge is 0.222 e. The van der Waals surface area contributed by atoms with Gasteiger partial charge in [-0.1, -0.05) is 38.9 Å². The number of amides is 1. The SMILES string of the molecule is CC[Si](CC)(CC)CCC(=O)N1CCOCC1. The first kappa shape index (κ1) is 14.7. The number of morpholine rings is 1. The van der Waals surface area contributed by atoms with Crippen LogP contribution in [0.2, 0.25) is 24.2 Å². The van der Waals surface area contributed by atoms with Crippen LogP contribution >= 0.6 is 0 Å². The van der Waals surface area contributed by atoms with Crippen molar-refractivity contribution in [1.82, 2.24) is 4.90 Å². The van der Waals surface area contributed by atoms with E-state index < -0.39 is 8.07 Å². The maximum Gasteiger partial charge on any atom is 0.222 e. The molecule has 0 bridgehead atoms. The van der Waals surface area contributed by atoms with Crippen molar-refractivity contribution in [3.05, 3.63) is 0 Å². The molecule has 17 heavy (non-hydrogen) atoms. The van der Waals surface area contributed by atoms with E-state index in [0.717, 1.165) is 19.5 Å². The van der Waals surface area contributed by atoms with Gasteiger partial charge in [0.25, 0.3) is 0 Å². The minimum atomic E-state index is -1.12. The lowest BCUT2D eigenvalue weighted by molar-refractivity contribution is -0.134. The summed E-state index contributed by atoms with van der Waals surface area (Å²) < 4.78 is 5.27. The van der Waals surface area contributed by atoms with Crippen LogP contribution in [-0.2, 0) is 9.53 Å². The maximum absolute atomic E-state index is 12.1. The molecule has 1 aliphatic rings. The topological polar surface area (TPSA) is 29.5 Å². The Balaban J connectivity index is 2.40. The van der Waals surface area contributed by atoms with Crippen LogP contribution < -0.4 is 0 Å². The zero-order valence-corrected chi connectivity index (χ0v) is 12.6. The third-order valence-electron chi connectivity index (χ3n) is 4.48. The van der Waals surface area contributed by atoms with Gasteiger partial charge in [0.2, 0.25) is 5.91 Å². The van der Waals surface area contributed by atoms with Crippen LogP contribution in [0.1, 0.15) is 27.2 Å². The van der Waals surface area contributed by atoms with Crippen molar-refractivity contribution in [2.24, 2.45) is 0 Å². The molecule has 0 aromatic carbocycles. The highest BCUT2D eigenvalue weighted by Gasteiger charge is 2.28. The molecule has 1 saturated heterocycles. The molecule has 0 N–H and O–H groups in total. The first-order chi connectivity index (χ1) is 8.17. The molecule has 100 valence electrons. The van der Waals surface area contributed by atoms with Crippen LogP contribution in [0.3, 0.4) is 0 Å². The minimum absolute atomic E-state index is 0.348. The van der Waals surface area contributed by atoms with Gasteiger partial charge in [0.05, 0.1) is 21.3 Å². The van der Waals surface area contributed by atoms with Gasteiger partial charge in [0, 0.05) is 19.5 Å². The Morgan fingerprint density at radius 1 is 1.12 bits per heavy atom. The molecular weight excluding hydrogens is 230 g/mol. The van der Waals surface area contributed by atoms with Gasteiger partial charge < -0.3 is 9.64 Å². The fourth-order valence-electron chi connectivity index (χ4n) is 2.62. The van der Waals surface area contributed by atoms with Gasteiger partial charge in [-0.05, 0) is 6.04 Å². The van der Waals surface area contributed by atoms with E-state index in [9.17, 15) is 4.79 Å². The molecule has 1 fully saturated rings. The summed E-state index contributed by atoms with van der Waals surface area (Å²) in [6.45, 7) is 9.91. The van der Waals surface area contributed by atoms with Crippen LogP contribution in [-0.4, -0.2) is 45.2 Å². The molecule has 1 aliphatic heterocycles. The third-order valence-corrected chi connectivity index (χ3v) is 10.3. The first-order valence-corrected chi connectivity index (χ1v) is 9.86. The van der Waals surface area contributed by atoms with Gasteiger partial charge in [-0.3, -0.25) is 4.79 Å². The molecule has 0 aliphatic carbocycles. The highest BCUT2D eigenvalue weighted by Crippen LogP contribution is 2.26. The van der Waals surface area contributed by atoms with Crippen molar-refractivity contribution in [3.8, 4) is 0 Å². The number of hydrogen-bond acceptors (Lipinski definition) is 2. The average Bonchev–Trinajstić information content (AvgIpc) is 2.41. The second-order valence-electron chi connectivity index (χ2n) is 5.05. The van der Waals surface area contributed by atoms with Gasteiger partial charge in [0.15, 0.2) is 0 Å². The van der Waals surface area contributed by atoms with Gasteiger partial charge >= 0.3 is 0 Å². The molecule has 4 heteroatoms. The van der Waals surface area contributed by atoms with E-state index >= 15 is 0 Å². The molecule has 3 nitrogen and oxygen atoms in total. The van der Waals surface area contributed by atoms with E-state index in [-0.39, 0.29) is 0 Å². The summed E-state index contributed by atoms with van der Waals surface area (Å²) in [7, 11) is -1.12. The minimum Gasteiger partial charge on any atom is -0.378 e. The van der Waals surface area contributed by atoms with E-state index in [2.05, 4.69) is 20.8 Å². The molecule has 0 saturated carbocycles. The Labute approximate surface area is 107 Å². The van der Waals surface area contributed by atoms with Crippen molar-refractivity contribution in [3.63, 3.8) is 0 Å².